The molecule has 0 aliphatic heterocycles. The summed E-state index contributed by atoms with van der Waals surface area (Å²) in [6.45, 7) is 4.46. The van der Waals surface area contributed by atoms with Gasteiger partial charge in [-0.15, -0.1) is 10.2 Å². The zero-order valence-corrected chi connectivity index (χ0v) is 10.9. The molecule has 1 N–H and O–H groups in total. The summed E-state index contributed by atoms with van der Waals surface area (Å²) in [5, 5.41) is 11.8. The minimum Gasteiger partial charge on any atom is -0.354 e. The summed E-state index contributed by atoms with van der Waals surface area (Å²) in [7, 11) is 0. The molecule has 0 amide bonds. The summed E-state index contributed by atoms with van der Waals surface area (Å²) in [6.07, 6.45) is 1.15. The standard InChI is InChI=1S/C9H10FN5S2/c1-3-11-8-12-4-6(10)7(13-8)17-9-15-14-5(2)16-9/h4H,3H2,1-2H3,(H,11,12,13). The number of aromatic nitrogens is 4. The quantitative estimate of drug-likeness (QED) is 0.861. The van der Waals surface area contributed by atoms with Gasteiger partial charge in [0.25, 0.3) is 0 Å². The van der Waals surface area contributed by atoms with Gasteiger partial charge < -0.3 is 5.32 Å². The van der Waals surface area contributed by atoms with Gasteiger partial charge in [-0.1, -0.05) is 11.3 Å². The molecule has 0 radical (unpaired) electrons. The average Bonchev–Trinajstić information content (AvgIpc) is 2.69. The van der Waals surface area contributed by atoms with Gasteiger partial charge in [0.2, 0.25) is 5.95 Å². The summed E-state index contributed by atoms with van der Waals surface area (Å²) in [5.41, 5.74) is 0. The van der Waals surface area contributed by atoms with Crippen LogP contribution in [0.3, 0.4) is 0 Å². The van der Waals surface area contributed by atoms with Crippen molar-refractivity contribution < 1.29 is 4.39 Å². The maximum absolute atomic E-state index is 13.5. The number of aryl methyl sites for hydroxylation is 1. The molecule has 17 heavy (non-hydrogen) atoms. The monoisotopic (exact) mass is 271 g/mol. The minimum atomic E-state index is -0.454. The van der Waals surface area contributed by atoms with E-state index in [1.165, 1.54) is 11.3 Å². The first kappa shape index (κ1) is 12.2. The lowest BCUT2D eigenvalue weighted by atomic mass is 10.6. The van der Waals surface area contributed by atoms with E-state index in [1.807, 2.05) is 13.8 Å². The number of hydrogen-bond acceptors (Lipinski definition) is 7. The van der Waals surface area contributed by atoms with E-state index in [2.05, 4.69) is 25.5 Å². The van der Waals surface area contributed by atoms with E-state index in [1.54, 1.807) is 0 Å². The Bertz CT molecular complexity index is 516. The highest BCUT2D eigenvalue weighted by Crippen LogP contribution is 2.30. The first-order valence-corrected chi connectivity index (χ1v) is 6.56. The summed E-state index contributed by atoms with van der Waals surface area (Å²) >= 11 is 2.56. The molecule has 0 atom stereocenters. The number of anilines is 1. The third-order valence-corrected chi connectivity index (χ3v) is 3.61. The number of nitrogens with zero attached hydrogens (tertiary/aromatic N) is 4. The van der Waals surface area contributed by atoms with Gasteiger partial charge in [0.05, 0.1) is 6.20 Å². The van der Waals surface area contributed by atoms with Crippen molar-refractivity contribution in [3.8, 4) is 0 Å². The SMILES string of the molecule is CCNc1ncc(F)c(Sc2nnc(C)s2)n1. The largest absolute Gasteiger partial charge is 0.354 e. The van der Waals surface area contributed by atoms with Crippen LogP contribution in [-0.4, -0.2) is 26.7 Å². The van der Waals surface area contributed by atoms with Gasteiger partial charge in [0.1, 0.15) is 10.0 Å². The Morgan fingerprint density at radius 2 is 2.29 bits per heavy atom. The Hall–Kier alpha value is -1.28. The van der Waals surface area contributed by atoms with Crippen LogP contribution in [-0.2, 0) is 0 Å². The molecule has 2 aromatic heterocycles. The van der Waals surface area contributed by atoms with Crippen molar-refractivity contribution in [3.05, 3.63) is 17.0 Å². The van der Waals surface area contributed by atoms with Crippen LogP contribution in [0.25, 0.3) is 0 Å². The molecular weight excluding hydrogens is 261 g/mol. The molecular formula is C9H10FN5S2. The van der Waals surface area contributed by atoms with Crippen LogP contribution in [0.5, 0.6) is 0 Å². The van der Waals surface area contributed by atoms with Gasteiger partial charge in [-0.2, -0.15) is 0 Å². The molecule has 8 heteroatoms. The van der Waals surface area contributed by atoms with Crippen LogP contribution in [0.15, 0.2) is 15.6 Å². The van der Waals surface area contributed by atoms with E-state index < -0.39 is 5.82 Å². The summed E-state index contributed by atoms with van der Waals surface area (Å²) in [6, 6.07) is 0. The van der Waals surface area contributed by atoms with E-state index in [9.17, 15) is 4.39 Å². The van der Waals surface area contributed by atoms with Gasteiger partial charge in [0.15, 0.2) is 10.2 Å². The Morgan fingerprint density at radius 1 is 1.47 bits per heavy atom. The van der Waals surface area contributed by atoms with Crippen LogP contribution in [0.4, 0.5) is 10.3 Å². The Balaban J connectivity index is 2.22. The molecule has 0 saturated carbocycles. The lowest BCUT2D eigenvalue weighted by Gasteiger charge is -2.03. The molecule has 90 valence electrons. The van der Waals surface area contributed by atoms with Crippen molar-refractivity contribution in [1.29, 1.82) is 0 Å². The average molecular weight is 271 g/mol. The number of halogens is 1. The number of nitrogens with one attached hydrogen (secondary N) is 1. The van der Waals surface area contributed by atoms with Crippen molar-refractivity contribution in [1.82, 2.24) is 20.2 Å². The van der Waals surface area contributed by atoms with Crippen LogP contribution in [0, 0.1) is 12.7 Å². The molecule has 2 heterocycles. The molecule has 0 fully saturated rings. The molecule has 2 rings (SSSR count). The van der Waals surface area contributed by atoms with Crippen molar-refractivity contribution in [2.45, 2.75) is 23.2 Å². The van der Waals surface area contributed by atoms with Gasteiger partial charge in [-0.3, -0.25) is 0 Å². The van der Waals surface area contributed by atoms with Crippen molar-refractivity contribution in [3.63, 3.8) is 0 Å². The highest BCUT2D eigenvalue weighted by atomic mass is 32.2. The predicted octanol–water partition coefficient (Wildman–Crippen LogP) is 2.36. The third kappa shape index (κ3) is 3.10. The maximum atomic E-state index is 13.5. The minimum absolute atomic E-state index is 0.257. The maximum Gasteiger partial charge on any atom is 0.223 e. The zero-order chi connectivity index (χ0) is 12.3. The molecule has 2 aromatic rings. The Morgan fingerprint density at radius 3 is 2.94 bits per heavy atom. The van der Waals surface area contributed by atoms with Crippen LogP contribution in [0.1, 0.15) is 11.9 Å². The van der Waals surface area contributed by atoms with E-state index >= 15 is 0 Å². The second-order valence-corrected chi connectivity index (χ2v) is 5.48. The predicted molar refractivity (Wildman–Crippen MR) is 64.9 cm³/mol. The number of hydrogen-bond donors (Lipinski definition) is 1. The highest BCUT2D eigenvalue weighted by molar-refractivity contribution is 8.01. The van der Waals surface area contributed by atoms with Crippen molar-refractivity contribution in [2.24, 2.45) is 0 Å². The highest BCUT2D eigenvalue weighted by Gasteiger charge is 2.11. The fourth-order valence-corrected chi connectivity index (χ4v) is 2.78. The molecule has 0 spiro atoms. The van der Waals surface area contributed by atoms with Gasteiger partial charge in [-0.25, -0.2) is 14.4 Å². The lowest BCUT2D eigenvalue weighted by Crippen LogP contribution is -2.03. The molecule has 0 aromatic carbocycles. The summed E-state index contributed by atoms with van der Waals surface area (Å²) in [5.74, 6) is -0.0397. The second kappa shape index (κ2) is 5.37. The van der Waals surface area contributed by atoms with Crippen molar-refractivity contribution >= 4 is 29.0 Å². The van der Waals surface area contributed by atoms with Crippen LogP contribution >= 0.6 is 23.1 Å². The van der Waals surface area contributed by atoms with Gasteiger partial charge >= 0.3 is 0 Å². The second-order valence-electron chi connectivity index (χ2n) is 3.07. The van der Waals surface area contributed by atoms with E-state index in [-0.39, 0.29) is 5.03 Å². The summed E-state index contributed by atoms with van der Waals surface area (Å²) in [4.78, 5) is 7.90. The molecule has 0 saturated heterocycles. The Labute approximate surface area is 106 Å². The fourth-order valence-electron chi connectivity index (χ4n) is 1.07. The van der Waals surface area contributed by atoms with Gasteiger partial charge in [-0.05, 0) is 25.6 Å². The van der Waals surface area contributed by atoms with Crippen molar-refractivity contribution in [2.75, 3.05) is 11.9 Å². The van der Waals surface area contributed by atoms with E-state index in [0.29, 0.717) is 16.8 Å². The Kier molecular flexibility index (Phi) is 3.85. The van der Waals surface area contributed by atoms with Crippen LogP contribution < -0.4 is 5.32 Å². The lowest BCUT2D eigenvalue weighted by molar-refractivity contribution is 0.580. The molecule has 0 aliphatic carbocycles. The normalized spacial score (nSPS) is 10.5. The molecule has 0 bridgehead atoms. The first-order valence-electron chi connectivity index (χ1n) is 4.93. The van der Waals surface area contributed by atoms with E-state index in [0.717, 1.165) is 23.0 Å². The van der Waals surface area contributed by atoms with Crippen LogP contribution in [0.2, 0.25) is 0 Å². The molecule has 0 aliphatic rings. The zero-order valence-electron chi connectivity index (χ0n) is 9.27. The summed E-state index contributed by atoms with van der Waals surface area (Å²) < 4.78 is 14.2. The first-order chi connectivity index (χ1) is 8.19. The van der Waals surface area contributed by atoms with Gasteiger partial charge in [0, 0.05) is 6.54 Å². The fraction of sp³-hybridized carbons (Fsp3) is 0.333. The third-order valence-electron chi connectivity index (χ3n) is 1.74. The van der Waals surface area contributed by atoms with E-state index in [4.69, 9.17) is 0 Å². The smallest absolute Gasteiger partial charge is 0.223 e. The molecule has 5 nitrogen and oxygen atoms in total. The topological polar surface area (TPSA) is 63.6 Å². The molecule has 0 unspecified atom stereocenters. The number of rotatable bonds is 4.